The summed E-state index contributed by atoms with van der Waals surface area (Å²) in [4.78, 5) is 23.5. The van der Waals surface area contributed by atoms with Gasteiger partial charge in [-0.1, -0.05) is 30.3 Å². The number of nitrogens with one attached hydrogen (secondary N) is 1. The molecule has 1 aromatic carbocycles. The van der Waals surface area contributed by atoms with E-state index in [2.05, 4.69) is 15.3 Å². The molecule has 1 N–H and O–H groups in total. The van der Waals surface area contributed by atoms with Crippen molar-refractivity contribution in [2.75, 3.05) is 25.5 Å². The van der Waals surface area contributed by atoms with Crippen molar-refractivity contribution in [2.24, 2.45) is 0 Å². The summed E-state index contributed by atoms with van der Waals surface area (Å²) in [6.45, 7) is 4.86. The molecule has 6 heteroatoms. The van der Waals surface area contributed by atoms with Crippen molar-refractivity contribution < 1.29 is 9.53 Å². The Morgan fingerprint density at radius 1 is 1.29 bits per heavy atom. The van der Waals surface area contributed by atoms with Crippen LogP contribution in [-0.2, 0) is 4.74 Å². The second kappa shape index (κ2) is 6.97. The lowest BCUT2D eigenvalue weighted by atomic mass is 10.0. The largest absolute Gasteiger partial charge is 0.374 e. The van der Waals surface area contributed by atoms with E-state index in [1.54, 1.807) is 13.1 Å². The third-order valence-corrected chi connectivity index (χ3v) is 4.11. The lowest BCUT2D eigenvalue weighted by molar-refractivity contribution is -0.0449. The third kappa shape index (κ3) is 3.38. The van der Waals surface area contributed by atoms with Gasteiger partial charge in [-0.25, -0.2) is 9.97 Å². The quantitative estimate of drug-likeness (QED) is 0.938. The summed E-state index contributed by atoms with van der Waals surface area (Å²) < 4.78 is 5.79. The topological polar surface area (TPSA) is 67.4 Å². The van der Waals surface area contributed by atoms with Crippen LogP contribution in [0.5, 0.6) is 0 Å². The van der Waals surface area contributed by atoms with E-state index in [1.165, 1.54) is 0 Å². The number of hydrogen-bond acceptors (Lipinski definition) is 5. The molecule has 2 heterocycles. The van der Waals surface area contributed by atoms with Gasteiger partial charge in [-0.05, 0) is 25.5 Å². The monoisotopic (exact) mass is 326 g/mol. The first-order valence-corrected chi connectivity index (χ1v) is 8.09. The number of anilines is 1. The molecule has 0 bridgehead atoms. The SMILES string of the molecule is CNc1nc(C)cc(C(=O)N2C[C@H](C)OC[C@@H]2c2ccccc2)n1. The highest BCUT2D eigenvalue weighted by molar-refractivity contribution is 5.93. The molecule has 0 saturated carbocycles. The summed E-state index contributed by atoms with van der Waals surface area (Å²) in [5.41, 5.74) is 2.23. The molecule has 2 aromatic rings. The second-order valence-electron chi connectivity index (χ2n) is 6.00. The Labute approximate surface area is 141 Å². The molecule has 1 amide bonds. The van der Waals surface area contributed by atoms with Crippen molar-refractivity contribution >= 4 is 11.9 Å². The minimum absolute atomic E-state index is 0.000571. The number of morpholine rings is 1. The van der Waals surface area contributed by atoms with E-state index >= 15 is 0 Å². The maximum Gasteiger partial charge on any atom is 0.273 e. The van der Waals surface area contributed by atoms with Crippen LogP contribution in [0.3, 0.4) is 0 Å². The minimum atomic E-state index is -0.108. The summed E-state index contributed by atoms with van der Waals surface area (Å²) in [5, 5.41) is 2.90. The molecule has 1 saturated heterocycles. The number of amides is 1. The van der Waals surface area contributed by atoms with Crippen LogP contribution in [0.4, 0.5) is 5.95 Å². The van der Waals surface area contributed by atoms with E-state index in [4.69, 9.17) is 4.74 Å². The number of rotatable bonds is 3. The van der Waals surface area contributed by atoms with Gasteiger partial charge in [0, 0.05) is 19.3 Å². The average Bonchev–Trinajstić information content (AvgIpc) is 2.61. The van der Waals surface area contributed by atoms with E-state index in [0.717, 1.165) is 11.3 Å². The molecular weight excluding hydrogens is 304 g/mol. The van der Waals surface area contributed by atoms with Crippen molar-refractivity contribution in [3.8, 4) is 0 Å². The number of hydrogen-bond donors (Lipinski definition) is 1. The Bertz CT molecular complexity index is 720. The summed E-state index contributed by atoms with van der Waals surface area (Å²) in [5.74, 6) is 0.358. The standard InChI is InChI=1S/C18H22N4O2/c1-12-9-15(21-18(19-3)20-12)17(23)22-10-13(2)24-11-16(22)14-7-5-4-6-8-14/h4-9,13,16H,10-11H2,1-3H3,(H,19,20,21)/t13-,16+/m0/s1. The second-order valence-corrected chi connectivity index (χ2v) is 6.00. The van der Waals surface area contributed by atoms with E-state index in [1.807, 2.05) is 49.1 Å². The Hall–Kier alpha value is -2.47. The van der Waals surface area contributed by atoms with Crippen LogP contribution < -0.4 is 5.32 Å². The highest BCUT2D eigenvalue weighted by atomic mass is 16.5. The summed E-state index contributed by atoms with van der Waals surface area (Å²) in [6.07, 6.45) is 0.000571. The molecule has 0 unspecified atom stereocenters. The molecule has 3 rings (SSSR count). The zero-order chi connectivity index (χ0) is 17.1. The third-order valence-electron chi connectivity index (χ3n) is 4.11. The minimum Gasteiger partial charge on any atom is -0.374 e. The Morgan fingerprint density at radius 3 is 2.75 bits per heavy atom. The first kappa shape index (κ1) is 16.4. The molecule has 0 aliphatic carbocycles. The van der Waals surface area contributed by atoms with Gasteiger partial charge in [0.2, 0.25) is 5.95 Å². The molecule has 1 aliphatic rings. The molecule has 0 radical (unpaired) electrons. The van der Waals surface area contributed by atoms with Crippen molar-refractivity contribution in [3.05, 3.63) is 53.3 Å². The van der Waals surface area contributed by atoms with Crippen LogP contribution in [0.2, 0.25) is 0 Å². The molecule has 0 spiro atoms. The molecule has 1 aliphatic heterocycles. The van der Waals surface area contributed by atoms with Crippen LogP contribution in [0.1, 0.15) is 34.7 Å². The maximum atomic E-state index is 13.1. The van der Waals surface area contributed by atoms with Gasteiger partial charge in [0.05, 0.1) is 18.8 Å². The van der Waals surface area contributed by atoms with E-state index in [0.29, 0.717) is 24.8 Å². The number of ether oxygens (including phenoxy) is 1. The van der Waals surface area contributed by atoms with Crippen LogP contribution in [0, 0.1) is 6.92 Å². The Morgan fingerprint density at radius 2 is 2.04 bits per heavy atom. The zero-order valence-electron chi connectivity index (χ0n) is 14.2. The van der Waals surface area contributed by atoms with Gasteiger partial charge in [0.25, 0.3) is 5.91 Å². The zero-order valence-corrected chi connectivity index (χ0v) is 14.2. The van der Waals surface area contributed by atoms with Crippen LogP contribution >= 0.6 is 0 Å². The van der Waals surface area contributed by atoms with E-state index in [9.17, 15) is 4.79 Å². The lowest BCUT2D eigenvalue weighted by Gasteiger charge is -2.38. The van der Waals surface area contributed by atoms with Crippen molar-refractivity contribution in [3.63, 3.8) is 0 Å². The fourth-order valence-electron chi connectivity index (χ4n) is 2.92. The van der Waals surface area contributed by atoms with Crippen LogP contribution in [0.15, 0.2) is 36.4 Å². The number of carbonyl (C=O) groups is 1. The first-order valence-electron chi connectivity index (χ1n) is 8.09. The maximum absolute atomic E-state index is 13.1. The summed E-state index contributed by atoms with van der Waals surface area (Å²) >= 11 is 0. The molecule has 1 fully saturated rings. The normalized spacial score (nSPS) is 20.7. The van der Waals surface area contributed by atoms with Crippen LogP contribution in [-0.4, -0.2) is 47.1 Å². The molecular formula is C18H22N4O2. The number of aryl methyl sites for hydroxylation is 1. The fourth-order valence-corrected chi connectivity index (χ4v) is 2.92. The molecule has 6 nitrogen and oxygen atoms in total. The predicted molar refractivity (Wildman–Crippen MR) is 91.9 cm³/mol. The Kier molecular flexibility index (Phi) is 4.76. The van der Waals surface area contributed by atoms with Gasteiger partial charge >= 0.3 is 0 Å². The van der Waals surface area contributed by atoms with Gasteiger partial charge in [0.15, 0.2) is 0 Å². The van der Waals surface area contributed by atoms with E-state index in [-0.39, 0.29) is 18.1 Å². The first-order chi connectivity index (χ1) is 11.6. The van der Waals surface area contributed by atoms with Gasteiger partial charge in [0.1, 0.15) is 5.69 Å². The lowest BCUT2D eigenvalue weighted by Crippen LogP contribution is -2.47. The fraction of sp³-hybridized carbons (Fsp3) is 0.389. The smallest absolute Gasteiger partial charge is 0.273 e. The van der Waals surface area contributed by atoms with E-state index < -0.39 is 0 Å². The number of nitrogens with zero attached hydrogens (tertiary/aromatic N) is 3. The van der Waals surface area contributed by atoms with Gasteiger partial charge in [-0.2, -0.15) is 0 Å². The Balaban J connectivity index is 1.94. The van der Waals surface area contributed by atoms with Gasteiger partial charge < -0.3 is 15.0 Å². The number of aromatic nitrogens is 2. The highest BCUT2D eigenvalue weighted by Crippen LogP contribution is 2.27. The van der Waals surface area contributed by atoms with Gasteiger partial charge in [-0.3, -0.25) is 4.79 Å². The predicted octanol–water partition coefficient (Wildman–Crippen LogP) is 2.43. The van der Waals surface area contributed by atoms with Crippen molar-refractivity contribution in [1.29, 1.82) is 0 Å². The average molecular weight is 326 g/mol. The number of carbonyl (C=O) groups excluding carboxylic acids is 1. The molecule has 24 heavy (non-hydrogen) atoms. The van der Waals surface area contributed by atoms with Crippen molar-refractivity contribution in [1.82, 2.24) is 14.9 Å². The highest BCUT2D eigenvalue weighted by Gasteiger charge is 2.33. The summed E-state index contributed by atoms with van der Waals surface area (Å²) in [7, 11) is 1.74. The van der Waals surface area contributed by atoms with Gasteiger partial charge in [-0.15, -0.1) is 0 Å². The number of benzene rings is 1. The molecule has 2 atom stereocenters. The van der Waals surface area contributed by atoms with Crippen LogP contribution in [0.25, 0.3) is 0 Å². The van der Waals surface area contributed by atoms with Crippen molar-refractivity contribution in [2.45, 2.75) is 26.0 Å². The molecule has 1 aromatic heterocycles. The molecule has 126 valence electrons. The summed E-state index contributed by atoms with van der Waals surface area (Å²) in [6, 6.07) is 11.6.